The summed E-state index contributed by atoms with van der Waals surface area (Å²) in [5.41, 5.74) is -0.456. The Hall–Kier alpha value is -3.50. The van der Waals surface area contributed by atoms with E-state index in [1.165, 1.54) is 42.8 Å². The number of nitro groups is 1. The number of benzene rings is 1. The van der Waals surface area contributed by atoms with Gasteiger partial charge in [-0.2, -0.15) is 8.78 Å². The van der Waals surface area contributed by atoms with Crippen LogP contribution in [0.25, 0.3) is 0 Å². The lowest BCUT2D eigenvalue weighted by atomic mass is 10.2. The summed E-state index contributed by atoms with van der Waals surface area (Å²) in [6, 6.07) is 6.53. The minimum Gasteiger partial charge on any atom is -0.448 e. The number of esters is 1. The molecule has 9 nitrogen and oxygen atoms in total. The van der Waals surface area contributed by atoms with Gasteiger partial charge in [-0.15, -0.1) is 0 Å². The molecule has 0 fully saturated rings. The van der Waals surface area contributed by atoms with E-state index in [0.717, 1.165) is 12.3 Å². The van der Waals surface area contributed by atoms with Crippen molar-refractivity contribution in [3.8, 4) is 5.75 Å². The molecule has 0 saturated carbocycles. The number of alkyl halides is 2. The fourth-order valence-corrected chi connectivity index (χ4v) is 2.13. The van der Waals surface area contributed by atoms with Crippen molar-refractivity contribution in [3.05, 3.63) is 52.3 Å². The molecule has 1 atom stereocenters. The lowest BCUT2D eigenvalue weighted by Crippen LogP contribution is -2.30. The number of rotatable bonds is 7. The Bertz CT molecular complexity index is 868. The van der Waals surface area contributed by atoms with E-state index >= 15 is 0 Å². The van der Waals surface area contributed by atoms with Crippen LogP contribution in [0.3, 0.4) is 0 Å². The summed E-state index contributed by atoms with van der Waals surface area (Å²) < 4.78 is 35.3. The van der Waals surface area contributed by atoms with Gasteiger partial charge in [-0.05, 0) is 19.1 Å². The highest BCUT2D eigenvalue weighted by Crippen LogP contribution is 2.26. The van der Waals surface area contributed by atoms with Crippen LogP contribution < -0.4 is 10.1 Å². The van der Waals surface area contributed by atoms with Crippen LogP contribution >= 0.6 is 0 Å². The Kier molecular flexibility index (Phi) is 6.06. The number of aryl methyl sites for hydroxylation is 1. The number of carbonyl (C=O) groups is 2. The van der Waals surface area contributed by atoms with E-state index in [4.69, 9.17) is 4.74 Å². The van der Waals surface area contributed by atoms with Gasteiger partial charge < -0.3 is 19.4 Å². The molecule has 144 valence electrons. The average Bonchev–Trinajstić information content (AvgIpc) is 2.98. The maximum atomic E-state index is 12.4. The molecule has 0 bridgehead atoms. The normalized spacial score (nSPS) is 11.7. The van der Waals surface area contributed by atoms with Gasteiger partial charge in [-0.25, -0.2) is 4.79 Å². The molecule has 0 aliphatic carbocycles. The number of amides is 1. The summed E-state index contributed by atoms with van der Waals surface area (Å²) in [5, 5.41) is 13.1. The van der Waals surface area contributed by atoms with Crippen LogP contribution in [0.15, 0.2) is 36.5 Å². The quantitative estimate of drug-likeness (QED) is 0.447. The van der Waals surface area contributed by atoms with Gasteiger partial charge in [0.15, 0.2) is 6.10 Å². The smallest absolute Gasteiger partial charge is 0.387 e. The number of para-hydroxylation sites is 2. The highest BCUT2D eigenvalue weighted by Gasteiger charge is 2.24. The van der Waals surface area contributed by atoms with E-state index in [2.05, 4.69) is 10.1 Å². The van der Waals surface area contributed by atoms with Gasteiger partial charge in [0.1, 0.15) is 11.4 Å². The Morgan fingerprint density at radius 2 is 1.96 bits per heavy atom. The topological polar surface area (TPSA) is 113 Å². The largest absolute Gasteiger partial charge is 0.448 e. The van der Waals surface area contributed by atoms with Crippen LogP contribution in [0.5, 0.6) is 5.75 Å². The number of halogens is 2. The zero-order chi connectivity index (χ0) is 20.1. The van der Waals surface area contributed by atoms with E-state index in [-0.39, 0.29) is 22.8 Å². The van der Waals surface area contributed by atoms with E-state index in [1.807, 2.05) is 0 Å². The number of aromatic nitrogens is 1. The first-order chi connectivity index (χ1) is 12.7. The van der Waals surface area contributed by atoms with Crippen molar-refractivity contribution >= 4 is 23.3 Å². The number of carbonyl (C=O) groups excluding carboxylic acids is 2. The summed E-state index contributed by atoms with van der Waals surface area (Å²) in [6.07, 6.45) is -0.176. The third-order valence-corrected chi connectivity index (χ3v) is 3.42. The van der Waals surface area contributed by atoms with Gasteiger partial charge in [-0.3, -0.25) is 14.9 Å². The minimum absolute atomic E-state index is 0.0276. The predicted molar refractivity (Wildman–Crippen MR) is 88.6 cm³/mol. The first kappa shape index (κ1) is 19.8. The lowest BCUT2D eigenvalue weighted by Gasteiger charge is -2.15. The highest BCUT2D eigenvalue weighted by atomic mass is 19.3. The molecule has 11 heteroatoms. The molecule has 1 N–H and O–H groups in total. The van der Waals surface area contributed by atoms with E-state index < -0.39 is 29.5 Å². The fraction of sp³-hybridized carbons (Fsp3) is 0.250. The molecule has 1 aromatic heterocycles. The van der Waals surface area contributed by atoms with Crippen molar-refractivity contribution in [2.75, 3.05) is 5.32 Å². The second kappa shape index (κ2) is 8.25. The summed E-state index contributed by atoms with van der Waals surface area (Å²) in [5.74, 6) is -2.00. The third kappa shape index (κ3) is 5.00. The molecule has 2 aromatic rings. The number of anilines is 1. The molecule has 1 unspecified atom stereocenters. The molecule has 0 aliphatic heterocycles. The number of nitrogens with zero attached hydrogens (tertiary/aromatic N) is 2. The monoisotopic (exact) mass is 383 g/mol. The zero-order valence-electron chi connectivity index (χ0n) is 14.2. The maximum absolute atomic E-state index is 12.4. The Morgan fingerprint density at radius 1 is 1.30 bits per heavy atom. The summed E-state index contributed by atoms with van der Waals surface area (Å²) in [4.78, 5) is 34.3. The molecule has 1 heterocycles. The number of hydrogen-bond acceptors (Lipinski definition) is 6. The van der Waals surface area contributed by atoms with Gasteiger partial charge >= 0.3 is 12.6 Å². The first-order valence-electron chi connectivity index (χ1n) is 7.55. The van der Waals surface area contributed by atoms with Gasteiger partial charge in [0, 0.05) is 13.1 Å². The van der Waals surface area contributed by atoms with Gasteiger partial charge in [0.25, 0.3) is 11.6 Å². The van der Waals surface area contributed by atoms with E-state index in [9.17, 15) is 28.5 Å². The average molecular weight is 383 g/mol. The van der Waals surface area contributed by atoms with Gasteiger partial charge in [0.2, 0.25) is 0 Å². The molecule has 27 heavy (non-hydrogen) atoms. The predicted octanol–water partition coefficient (Wildman–Crippen LogP) is 2.72. The highest BCUT2D eigenvalue weighted by molar-refractivity contribution is 5.98. The molecule has 0 spiro atoms. The first-order valence-corrected chi connectivity index (χ1v) is 7.55. The lowest BCUT2D eigenvalue weighted by molar-refractivity contribution is -0.384. The van der Waals surface area contributed by atoms with Crippen LogP contribution in [0.4, 0.5) is 20.2 Å². The van der Waals surface area contributed by atoms with Crippen molar-refractivity contribution in [1.29, 1.82) is 0 Å². The maximum Gasteiger partial charge on any atom is 0.387 e. The standard InChI is InChI=1S/C16H15F2N3O6/c1-9(26-15(23)12-7-10(21(24)25)8-20(12)2)14(22)19-11-5-3-4-6-13(11)27-16(17)18/h3-9,16H,1-2H3,(H,19,22). The van der Waals surface area contributed by atoms with Crippen molar-refractivity contribution < 1.29 is 32.8 Å². The molecule has 0 radical (unpaired) electrons. The summed E-state index contributed by atoms with van der Waals surface area (Å²) in [7, 11) is 1.41. The van der Waals surface area contributed by atoms with Crippen LogP contribution in [0.1, 0.15) is 17.4 Å². The van der Waals surface area contributed by atoms with E-state index in [1.54, 1.807) is 0 Å². The van der Waals surface area contributed by atoms with Gasteiger partial charge in [-0.1, -0.05) is 12.1 Å². The Balaban J connectivity index is 2.06. The SMILES string of the molecule is CC(OC(=O)c1cc([N+](=O)[O-])cn1C)C(=O)Nc1ccccc1OC(F)F. The number of hydrogen-bond donors (Lipinski definition) is 1. The number of nitrogens with one attached hydrogen (secondary N) is 1. The van der Waals surface area contributed by atoms with Gasteiger partial charge in [0.05, 0.1) is 16.8 Å². The van der Waals surface area contributed by atoms with Crippen molar-refractivity contribution in [1.82, 2.24) is 4.57 Å². The van der Waals surface area contributed by atoms with Crippen LogP contribution in [0.2, 0.25) is 0 Å². The molecule has 1 amide bonds. The van der Waals surface area contributed by atoms with Crippen molar-refractivity contribution in [2.45, 2.75) is 19.6 Å². The van der Waals surface area contributed by atoms with Crippen LogP contribution in [-0.2, 0) is 16.6 Å². The van der Waals surface area contributed by atoms with Crippen LogP contribution in [0, 0.1) is 10.1 Å². The third-order valence-electron chi connectivity index (χ3n) is 3.42. The van der Waals surface area contributed by atoms with Crippen molar-refractivity contribution in [3.63, 3.8) is 0 Å². The summed E-state index contributed by atoms with van der Waals surface area (Å²) >= 11 is 0. The van der Waals surface area contributed by atoms with E-state index in [0.29, 0.717) is 0 Å². The zero-order valence-corrected chi connectivity index (χ0v) is 14.2. The molecular weight excluding hydrogens is 368 g/mol. The van der Waals surface area contributed by atoms with Crippen LogP contribution in [-0.4, -0.2) is 34.1 Å². The minimum atomic E-state index is -3.08. The summed E-state index contributed by atoms with van der Waals surface area (Å²) in [6.45, 7) is -1.81. The molecule has 0 aliphatic rings. The molecule has 1 aromatic carbocycles. The van der Waals surface area contributed by atoms with Crippen molar-refractivity contribution in [2.24, 2.45) is 7.05 Å². The Labute approximate surface area is 151 Å². The second-order valence-electron chi connectivity index (χ2n) is 5.36. The fourth-order valence-electron chi connectivity index (χ4n) is 2.13. The second-order valence-corrected chi connectivity index (χ2v) is 5.36. The Morgan fingerprint density at radius 3 is 2.56 bits per heavy atom. The molecule has 0 saturated heterocycles. The molecular formula is C16H15F2N3O6. The number of ether oxygens (including phenoxy) is 2. The molecule has 2 rings (SSSR count).